The maximum absolute atomic E-state index is 3.61. The first-order chi connectivity index (χ1) is 9.76. The number of hydrogen-bond donors (Lipinski definition) is 1. The molecule has 1 aliphatic heterocycles. The van der Waals surface area contributed by atoms with Gasteiger partial charge in [-0.2, -0.15) is 0 Å². The van der Waals surface area contributed by atoms with E-state index >= 15 is 0 Å². The fourth-order valence-electron chi connectivity index (χ4n) is 3.22. The van der Waals surface area contributed by atoms with Gasteiger partial charge in [0.2, 0.25) is 0 Å². The molecule has 110 valence electrons. The molecule has 0 bridgehead atoms. The van der Waals surface area contributed by atoms with Crippen molar-refractivity contribution in [1.29, 1.82) is 0 Å². The zero-order chi connectivity index (χ0) is 13.9. The molecule has 1 saturated heterocycles. The van der Waals surface area contributed by atoms with Crippen LogP contribution >= 0.6 is 0 Å². The van der Waals surface area contributed by atoms with Crippen LogP contribution < -0.4 is 10.2 Å². The molecule has 1 aromatic rings. The van der Waals surface area contributed by atoms with Crippen molar-refractivity contribution >= 4 is 5.69 Å². The van der Waals surface area contributed by atoms with Gasteiger partial charge in [-0.1, -0.05) is 19.4 Å². The van der Waals surface area contributed by atoms with E-state index in [9.17, 15) is 0 Å². The van der Waals surface area contributed by atoms with Gasteiger partial charge < -0.3 is 10.2 Å². The molecular formula is C18H28N2. The van der Waals surface area contributed by atoms with Crippen LogP contribution in [-0.2, 0) is 6.54 Å². The Kier molecular flexibility index (Phi) is 4.30. The maximum atomic E-state index is 3.61. The van der Waals surface area contributed by atoms with E-state index in [-0.39, 0.29) is 0 Å². The number of hydrogen-bond acceptors (Lipinski definition) is 2. The van der Waals surface area contributed by atoms with Crippen molar-refractivity contribution in [3.63, 3.8) is 0 Å². The Bertz CT molecular complexity index is 443. The molecule has 0 spiro atoms. The Labute approximate surface area is 123 Å². The number of rotatable bonds is 5. The first-order valence-corrected chi connectivity index (χ1v) is 8.34. The molecule has 0 radical (unpaired) electrons. The van der Waals surface area contributed by atoms with Crippen LogP contribution in [0.5, 0.6) is 0 Å². The normalized spacial score (nSPS) is 20.4. The summed E-state index contributed by atoms with van der Waals surface area (Å²) in [7, 11) is 0. The zero-order valence-corrected chi connectivity index (χ0v) is 13.0. The number of benzene rings is 1. The largest absolute Gasteiger partial charge is 0.372 e. The molecule has 2 heteroatoms. The minimum Gasteiger partial charge on any atom is -0.372 e. The van der Waals surface area contributed by atoms with E-state index in [1.807, 2.05) is 0 Å². The van der Waals surface area contributed by atoms with Crippen molar-refractivity contribution in [3.05, 3.63) is 29.3 Å². The molecule has 1 saturated carbocycles. The lowest BCUT2D eigenvalue weighted by atomic mass is 9.94. The van der Waals surface area contributed by atoms with E-state index in [1.54, 1.807) is 0 Å². The smallest absolute Gasteiger partial charge is 0.0369 e. The SMILES string of the molecule is CCC1CCN(c2ccc(CNC3CC3)c(C)c2)CC1. The van der Waals surface area contributed by atoms with Gasteiger partial charge in [0.05, 0.1) is 0 Å². The summed E-state index contributed by atoms with van der Waals surface area (Å²) in [5.74, 6) is 0.953. The van der Waals surface area contributed by atoms with E-state index in [2.05, 4.69) is 42.3 Å². The molecule has 0 unspecified atom stereocenters. The topological polar surface area (TPSA) is 15.3 Å². The van der Waals surface area contributed by atoms with E-state index in [1.165, 1.54) is 62.0 Å². The molecule has 2 aliphatic rings. The molecule has 1 aliphatic carbocycles. The van der Waals surface area contributed by atoms with Crippen LogP contribution in [0.2, 0.25) is 0 Å². The zero-order valence-electron chi connectivity index (χ0n) is 13.0. The molecule has 0 aromatic heterocycles. The third-order valence-electron chi connectivity index (χ3n) is 5.04. The van der Waals surface area contributed by atoms with Gasteiger partial charge in [0.25, 0.3) is 0 Å². The Morgan fingerprint density at radius 1 is 1.15 bits per heavy atom. The van der Waals surface area contributed by atoms with Crippen LogP contribution in [-0.4, -0.2) is 19.1 Å². The predicted molar refractivity (Wildman–Crippen MR) is 86.3 cm³/mol. The monoisotopic (exact) mass is 272 g/mol. The van der Waals surface area contributed by atoms with Crippen molar-refractivity contribution in [1.82, 2.24) is 5.32 Å². The Morgan fingerprint density at radius 2 is 1.90 bits per heavy atom. The summed E-state index contributed by atoms with van der Waals surface area (Å²) in [5.41, 5.74) is 4.32. The van der Waals surface area contributed by atoms with Crippen molar-refractivity contribution in [3.8, 4) is 0 Å². The minimum absolute atomic E-state index is 0.794. The lowest BCUT2D eigenvalue weighted by Gasteiger charge is -2.33. The summed E-state index contributed by atoms with van der Waals surface area (Å²) in [6.45, 7) is 8.09. The van der Waals surface area contributed by atoms with Crippen LogP contribution in [0.4, 0.5) is 5.69 Å². The molecule has 3 rings (SSSR count). The quantitative estimate of drug-likeness (QED) is 0.875. The third kappa shape index (κ3) is 3.35. The van der Waals surface area contributed by atoms with Crippen molar-refractivity contribution in [2.45, 2.75) is 58.5 Å². The van der Waals surface area contributed by atoms with Crippen LogP contribution in [0.1, 0.15) is 50.2 Å². The molecule has 1 heterocycles. The lowest BCUT2D eigenvalue weighted by Crippen LogP contribution is -2.33. The highest BCUT2D eigenvalue weighted by Gasteiger charge is 2.21. The maximum Gasteiger partial charge on any atom is 0.0369 e. The lowest BCUT2D eigenvalue weighted by molar-refractivity contribution is 0.395. The van der Waals surface area contributed by atoms with Crippen LogP contribution in [0.3, 0.4) is 0 Å². The average Bonchev–Trinajstić information content (AvgIpc) is 3.30. The summed E-state index contributed by atoms with van der Waals surface area (Å²) in [6.07, 6.45) is 6.80. The highest BCUT2D eigenvalue weighted by molar-refractivity contribution is 5.51. The molecule has 20 heavy (non-hydrogen) atoms. The summed E-state index contributed by atoms with van der Waals surface area (Å²) in [5, 5.41) is 3.61. The number of nitrogens with zero attached hydrogens (tertiary/aromatic N) is 1. The van der Waals surface area contributed by atoms with Gasteiger partial charge in [-0.15, -0.1) is 0 Å². The molecule has 1 N–H and O–H groups in total. The standard InChI is InChI=1S/C18H28N2/c1-3-15-8-10-20(11-9-15)18-7-4-16(14(2)12-18)13-19-17-5-6-17/h4,7,12,15,17,19H,3,5-6,8-11,13H2,1-2H3. The van der Waals surface area contributed by atoms with Gasteiger partial charge in [-0.3, -0.25) is 0 Å². The molecule has 0 amide bonds. The number of aryl methyl sites for hydroxylation is 1. The number of piperidine rings is 1. The molecule has 2 nitrogen and oxygen atoms in total. The Morgan fingerprint density at radius 3 is 2.50 bits per heavy atom. The summed E-state index contributed by atoms with van der Waals surface area (Å²) < 4.78 is 0. The van der Waals surface area contributed by atoms with Gasteiger partial charge in [-0.25, -0.2) is 0 Å². The minimum atomic E-state index is 0.794. The van der Waals surface area contributed by atoms with Gasteiger partial charge >= 0.3 is 0 Å². The van der Waals surface area contributed by atoms with Crippen molar-refractivity contribution in [2.24, 2.45) is 5.92 Å². The van der Waals surface area contributed by atoms with Gasteiger partial charge in [0.15, 0.2) is 0 Å². The van der Waals surface area contributed by atoms with Crippen molar-refractivity contribution < 1.29 is 0 Å². The fraction of sp³-hybridized carbons (Fsp3) is 0.667. The predicted octanol–water partition coefficient (Wildman–Crippen LogP) is 3.87. The van der Waals surface area contributed by atoms with Crippen LogP contribution in [0.15, 0.2) is 18.2 Å². The van der Waals surface area contributed by atoms with Crippen LogP contribution in [0, 0.1) is 12.8 Å². The first-order valence-electron chi connectivity index (χ1n) is 8.34. The van der Waals surface area contributed by atoms with Gasteiger partial charge in [-0.05, 0) is 61.8 Å². The second-order valence-corrected chi connectivity index (χ2v) is 6.60. The summed E-state index contributed by atoms with van der Waals surface area (Å²) in [6, 6.07) is 7.83. The second kappa shape index (κ2) is 6.17. The van der Waals surface area contributed by atoms with Crippen molar-refractivity contribution in [2.75, 3.05) is 18.0 Å². The highest BCUT2D eigenvalue weighted by Crippen LogP contribution is 2.27. The van der Waals surface area contributed by atoms with E-state index in [0.29, 0.717) is 0 Å². The molecule has 1 aromatic carbocycles. The molecule has 2 fully saturated rings. The average molecular weight is 272 g/mol. The summed E-state index contributed by atoms with van der Waals surface area (Å²) >= 11 is 0. The molecule has 0 atom stereocenters. The summed E-state index contributed by atoms with van der Waals surface area (Å²) in [4.78, 5) is 2.57. The van der Waals surface area contributed by atoms with Gasteiger partial charge in [0, 0.05) is 31.4 Å². The van der Waals surface area contributed by atoms with E-state index in [0.717, 1.165) is 18.5 Å². The Hall–Kier alpha value is -1.02. The second-order valence-electron chi connectivity index (χ2n) is 6.60. The van der Waals surface area contributed by atoms with Gasteiger partial charge in [0.1, 0.15) is 0 Å². The third-order valence-corrected chi connectivity index (χ3v) is 5.04. The van der Waals surface area contributed by atoms with E-state index < -0.39 is 0 Å². The first kappa shape index (κ1) is 13.9. The fourth-order valence-corrected chi connectivity index (χ4v) is 3.22. The highest BCUT2D eigenvalue weighted by atomic mass is 15.1. The van der Waals surface area contributed by atoms with Crippen LogP contribution in [0.25, 0.3) is 0 Å². The molecular weight excluding hydrogens is 244 g/mol. The number of nitrogens with one attached hydrogen (secondary N) is 1. The van der Waals surface area contributed by atoms with E-state index in [4.69, 9.17) is 0 Å². The number of anilines is 1. The Balaban J connectivity index is 1.60.